The van der Waals surface area contributed by atoms with E-state index in [-0.39, 0.29) is 0 Å². The van der Waals surface area contributed by atoms with E-state index in [1.165, 1.54) is 0 Å². The van der Waals surface area contributed by atoms with Crippen molar-refractivity contribution in [3.63, 3.8) is 0 Å². The first kappa shape index (κ1) is 20.7. The highest BCUT2D eigenvalue weighted by atomic mass is 79.9. The number of nitrogens with zero attached hydrogens (tertiary/aromatic N) is 3. The number of aromatic nitrogens is 2. The fourth-order valence-electron chi connectivity index (χ4n) is 2.31. The number of ether oxygens (including phenoxy) is 2. The van der Waals surface area contributed by atoms with Crippen molar-refractivity contribution in [3.8, 4) is 0 Å². The Morgan fingerprint density at radius 2 is 1.96 bits per heavy atom. The Morgan fingerprint density at radius 3 is 2.73 bits per heavy atom. The number of nitrogens with one attached hydrogen (secondary N) is 2. The molecule has 0 atom stereocenters. The molecular weight excluding hydrogens is 398 g/mol. The van der Waals surface area contributed by atoms with Crippen molar-refractivity contribution in [2.24, 2.45) is 4.99 Å². The number of hydrogen-bond donors (Lipinski definition) is 2. The lowest BCUT2D eigenvalue weighted by molar-refractivity contribution is 0.0487. The number of hydrogen-bond acceptors (Lipinski definition) is 4. The number of unbranched alkanes of at least 4 members (excludes halogenated alkanes) is 1. The molecule has 0 fully saturated rings. The average molecular weight is 426 g/mol. The van der Waals surface area contributed by atoms with Crippen LogP contribution in [0.4, 0.5) is 0 Å². The predicted molar refractivity (Wildman–Crippen MR) is 108 cm³/mol. The second-order valence-corrected chi connectivity index (χ2v) is 6.69. The Morgan fingerprint density at radius 1 is 1.15 bits per heavy atom. The van der Waals surface area contributed by atoms with Crippen molar-refractivity contribution in [1.82, 2.24) is 20.0 Å². The topological polar surface area (TPSA) is 72.2 Å². The van der Waals surface area contributed by atoms with Gasteiger partial charge in [0.05, 0.1) is 32.1 Å². The van der Waals surface area contributed by atoms with E-state index in [2.05, 4.69) is 43.5 Å². The third kappa shape index (κ3) is 7.31. The summed E-state index contributed by atoms with van der Waals surface area (Å²) in [7, 11) is 1.75. The monoisotopic (exact) mass is 425 g/mol. The highest BCUT2D eigenvalue weighted by molar-refractivity contribution is 9.10. The van der Waals surface area contributed by atoms with Gasteiger partial charge in [-0.2, -0.15) is 0 Å². The Bertz CT molecular complexity index is 689. The summed E-state index contributed by atoms with van der Waals surface area (Å²) in [4.78, 5) is 8.78. The number of imidazole rings is 1. The van der Waals surface area contributed by atoms with Gasteiger partial charge in [-0.3, -0.25) is 4.99 Å². The van der Waals surface area contributed by atoms with Crippen molar-refractivity contribution in [1.29, 1.82) is 0 Å². The zero-order valence-corrected chi connectivity index (χ0v) is 17.1. The van der Waals surface area contributed by atoms with E-state index in [9.17, 15) is 0 Å². The van der Waals surface area contributed by atoms with Crippen LogP contribution in [-0.2, 0) is 16.0 Å². The molecule has 26 heavy (non-hydrogen) atoms. The maximum Gasteiger partial charge on any atom is 0.191 e. The van der Waals surface area contributed by atoms with Gasteiger partial charge < -0.3 is 24.5 Å². The Hall–Kier alpha value is -1.64. The quantitative estimate of drug-likeness (QED) is 0.328. The Kier molecular flexibility index (Phi) is 9.44. The van der Waals surface area contributed by atoms with Crippen LogP contribution in [0.5, 0.6) is 0 Å². The van der Waals surface area contributed by atoms with E-state index < -0.39 is 0 Å². The molecule has 7 nitrogen and oxygen atoms in total. The standard InChI is InChI=1S/C18H28BrN5O2/c1-3-4-8-25-10-11-26-9-7-21-18(20-2)22-12-16-14-24-13-15(19)5-6-17(24)23-16/h5-6,13-14H,3-4,7-12H2,1-2H3,(H2,20,21,22). The molecule has 0 saturated carbocycles. The molecule has 2 heterocycles. The van der Waals surface area contributed by atoms with E-state index in [1.54, 1.807) is 7.05 Å². The van der Waals surface area contributed by atoms with Crippen molar-refractivity contribution in [2.75, 3.05) is 40.0 Å². The molecule has 144 valence electrons. The maximum absolute atomic E-state index is 5.53. The minimum absolute atomic E-state index is 0.602. The van der Waals surface area contributed by atoms with Gasteiger partial charge in [-0.1, -0.05) is 13.3 Å². The molecule has 2 aromatic heterocycles. The molecule has 0 aliphatic carbocycles. The van der Waals surface area contributed by atoms with Gasteiger partial charge in [0.25, 0.3) is 0 Å². The smallest absolute Gasteiger partial charge is 0.191 e. The van der Waals surface area contributed by atoms with E-state index in [0.717, 1.165) is 41.2 Å². The molecular formula is C18H28BrN5O2. The van der Waals surface area contributed by atoms with Gasteiger partial charge in [0.15, 0.2) is 5.96 Å². The molecule has 0 amide bonds. The zero-order chi connectivity index (χ0) is 18.6. The number of pyridine rings is 1. The lowest BCUT2D eigenvalue weighted by atomic mass is 10.4. The second-order valence-electron chi connectivity index (χ2n) is 5.78. The van der Waals surface area contributed by atoms with Crippen LogP contribution in [0.1, 0.15) is 25.5 Å². The van der Waals surface area contributed by atoms with Crippen LogP contribution >= 0.6 is 15.9 Å². The highest BCUT2D eigenvalue weighted by Crippen LogP contribution is 2.12. The van der Waals surface area contributed by atoms with Gasteiger partial charge in [-0.15, -0.1) is 0 Å². The van der Waals surface area contributed by atoms with Gasteiger partial charge in [-0.25, -0.2) is 4.98 Å². The molecule has 0 aliphatic heterocycles. The summed E-state index contributed by atoms with van der Waals surface area (Å²) in [5.74, 6) is 0.728. The fourth-order valence-corrected chi connectivity index (χ4v) is 2.66. The summed E-state index contributed by atoms with van der Waals surface area (Å²) in [5, 5.41) is 6.48. The third-order valence-corrected chi connectivity index (χ3v) is 4.15. The first-order valence-corrected chi connectivity index (χ1v) is 9.75. The molecule has 2 rings (SSSR count). The molecule has 0 aliphatic rings. The van der Waals surface area contributed by atoms with E-state index in [1.807, 2.05) is 28.9 Å². The molecule has 2 aromatic rings. The normalized spacial score (nSPS) is 11.9. The molecule has 0 aromatic carbocycles. The largest absolute Gasteiger partial charge is 0.379 e. The van der Waals surface area contributed by atoms with Crippen LogP contribution in [-0.4, -0.2) is 55.4 Å². The minimum Gasteiger partial charge on any atom is -0.379 e. The zero-order valence-electron chi connectivity index (χ0n) is 15.5. The van der Waals surface area contributed by atoms with E-state index >= 15 is 0 Å². The number of aliphatic imine (C=N–C) groups is 1. The molecule has 0 unspecified atom stereocenters. The lowest BCUT2D eigenvalue weighted by Crippen LogP contribution is -2.38. The maximum atomic E-state index is 5.53. The third-order valence-electron chi connectivity index (χ3n) is 3.68. The fraction of sp³-hybridized carbons (Fsp3) is 0.556. The minimum atomic E-state index is 0.602. The van der Waals surface area contributed by atoms with Crippen molar-refractivity contribution < 1.29 is 9.47 Å². The van der Waals surface area contributed by atoms with Crippen LogP contribution in [0.25, 0.3) is 5.65 Å². The molecule has 0 bridgehead atoms. The molecule has 0 spiro atoms. The van der Waals surface area contributed by atoms with Gasteiger partial charge in [0, 0.05) is 37.1 Å². The second kappa shape index (κ2) is 11.9. The molecule has 8 heteroatoms. The lowest BCUT2D eigenvalue weighted by Gasteiger charge is -2.11. The van der Waals surface area contributed by atoms with Gasteiger partial charge in [0.2, 0.25) is 0 Å². The predicted octanol–water partition coefficient (Wildman–Crippen LogP) is 2.60. The number of rotatable bonds is 11. The van der Waals surface area contributed by atoms with E-state index in [0.29, 0.717) is 32.9 Å². The average Bonchev–Trinajstić information content (AvgIpc) is 3.04. The molecule has 2 N–H and O–H groups in total. The van der Waals surface area contributed by atoms with Gasteiger partial charge in [0.1, 0.15) is 5.65 Å². The van der Waals surface area contributed by atoms with Crippen LogP contribution in [0.15, 0.2) is 34.0 Å². The van der Waals surface area contributed by atoms with Crippen molar-refractivity contribution in [3.05, 3.63) is 34.7 Å². The highest BCUT2D eigenvalue weighted by Gasteiger charge is 2.03. The summed E-state index contributed by atoms with van der Waals surface area (Å²) in [6, 6.07) is 3.96. The van der Waals surface area contributed by atoms with E-state index in [4.69, 9.17) is 9.47 Å². The van der Waals surface area contributed by atoms with Crippen molar-refractivity contribution in [2.45, 2.75) is 26.3 Å². The summed E-state index contributed by atoms with van der Waals surface area (Å²) in [5.41, 5.74) is 1.87. The molecule has 0 radical (unpaired) electrons. The number of halogens is 1. The first-order valence-electron chi connectivity index (χ1n) is 8.96. The van der Waals surface area contributed by atoms with Crippen LogP contribution in [0, 0.1) is 0 Å². The summed E-state index contributed by atoms with van der Waals surface area (Å²) < 4.78 is 14.0. The number of guanidine groups is 1. The molecule has 0 saturated heterocycles. The van der Waals surface area contributed by atoms with Crippen LogP contribution in [0.3, 0.4) is 0 Å². The van der Waals surface area contributed by atoms with Gasteiger partial charge in [-0.05, 0) is 34.5 Å². The Labute approximate surface area is 163 Å². The first-order chi connectivity index (χ1) is 12.7. The van der Waals surface area contributed by atoms with Crippen LogP contribution < -0.4 is 10.6 Å². The van der Waals surface area contributed by atoms with Gasteiger partial charge >= 0.3 is 0 Å². The number of fused-ring (bicyclic) bond motifs is 1. The van der Waals surface area contributed by atoms with Crippen molar-refractivity contribution >= 4 is 27.5 Å². The Balaban J connectivity index is 1.61. The SMILES string of the molecule is CCCCOCCOCCNC(=NC)NCc1cn2cc(Br)ccc2n1. The van der Waals surface area contributed by atoms with Crippen LogP contribution in [0.2, 0.25) is 0 Å². The summed E-state index contributed by atoms with van der Waals surface area (Å²) >= 11 is 3.46. The summed E-state index contributed by atoms with van der Waals surface area (Å²) in [6.07, 6.45) is 6.25. The summed E-state index contributed by atoms with van der Waals surface area (Å²) in [6.45, 7) is 6.14.